The molecule has 0 saturated carbocycles. The van der Waals surface area contributed by atoms with Gasteiger partial charge in [-0.1, -0.05) is 0 Å². The minimum Gasteiger partial charge on any atom is -0.356 e. The summed E-state index contributed by atoms with van der Waals surface area (Å²) in [5.74, 6) is 0.204. The Morgan fingerprint density at radius 3 is 2.25 bits per heavy atom. The maximum absolute atomic E-state index is 10.1. The molecule has 4 heteroatoms. The first kappa shape index (κ1) is 7.39. The van der Waals surface area contributed by atoms with E-state index in [1.54, 1.807) is 0 Å². The zero-order valence-corrected chi connectivity index (χ0v) is 4.42. The van der Waals surface area contributed by atoms with Crippen molar-refractivity contribution in [1.82, 2.24) is 5.32 Å². The first-order valence-corrected chi connectivity index (χ1v) is 2.36. The van der Waals surface area contributed by atoms with E-state index in [9.17, 15) is 4.79 Å². The monoisotopic (exact) mass is 119 g/mol. The fourth-order valence-electron chi connectivity index (χ4n) is 0.565. The number of rotatable bonds is 0. The van der Waals surface area contributed by atoms with Crippen LogP contribution < -0.4 is 5.32 Å². The average molecular weight is 119 g/mol. The molecule has 8 heavy (non-hydrogen) atoms. The van der Waals surface area contributed by atoms with Crippen molar-refractivity contribution in [3.63, 3.8) is 0 Å². The summed E-state index contributed by atoms with van der Waals surface area (Å²) in [6.07, 6.45) is 1.76. The summed E-state index contributed by atoms with van der Waals surface area (Å²) >= 11 is 0. The third kappa shape index (κ3) is 2.54. The van der Waals surface area contributed by atoms with Crippen LogP contribution in [-0.2, 0) is 4.79 Å². The summed E-state index contributed by atoms with van der Waals surface area (Å²) in [4.78, 5) is 10.1. The molecule has 0 bridgehead atoms. The molecule has 1 amide bonds. The van der Waals surface area contributed by atoms with E-state index in [4.69, 9.17) is 10.5 Å². The van der Waals surface area contributed by atoms with Gasteiger partial charge in [-0.25, -0.2) is 0 Å². The number of carbonyl (C=O) groups excluding carboxylic acids is 1. The van der Waals surface area contributed by atoms with Crippen LogP contribution in [0, 0.1) is 0 Å². The van der Waals surface area contributed by atoms with Crippen LogP contribution in [0.5, 0.6) is 0 Å². The summed E-state index contributed by atoms with van der Waals surface area (Å²) in [7, 11) is 0. The minimum atomic E-state index is 0.204. The van der Waals surface area contributed by atoms with Crippen LogP contribution in [0.15, 0.2) is 0 Å². The summed E-state index contributed by atoms with van der Waals surface area (Å²) in [6.45, 7) is 0.888. The van der Waals surface area contributed by atoms with Gasteiger partial charge in [0.1, 0.15) is 0 Å². The number of carbonyl (C=O) groups is 1. The molecule has 1 rings (SSSR count). The van der Waals surface area contributed by atoms with Crippen molar-refractivity contribution in [2.24, 2.45) is 0 Å². The van der Waals surface area contributed by atoms with E-state index in [1.807, 2.05) is 0 Å². The van der Waals surface area contributed by atoms with Crippen LogP contribution in [0.4, 0.5) is 0 Å². The van der Waals surface area contributed by atoms with Crippen LogP contribution >= 0.6 is 0 Å². The molecular formula is C4H9NO3. The predicted octanol–water partition coefficient (Wildman–Crippen LogP) is -0.0862. The first-order chi connectivity index (χ1) is 3.89. The lowest BCUT2D eigenvalue weighted by Crippen LogP contribution is -2.12. The van der Waals surface area contributed by atoms with Gasteiger partial charge < -0.3 is 5.32 Å². The van der Waals surface area contributed by atoms with Gasteiger partial charge in [0.2, 0.25) is 5.91 Å². The van der Waals surface area contributed by atoms with Crippen molar-refractivity contribution >= 4 is 5.91 Å². The van der Waals surface area contributed by atoms with Crippen molar-refractivity contribution in [1.29, 1.82) is 0 Å². The van der Waals surface area contributed by atoms with Gasteiger partial charge in [0, 0.05) is 13.0 Å². The molecule has 4 nitrogen and oxygen atoms in total. The molecule has 1 fully saturated rings. The number of nitrogens with one attached hydrogen (secondary N) is 1. The Morgan fingerprint density at radius 1 is 1.50 bits per heavy atom. The fraction of sp³-hybridized carbons (Fsp3) is 0.750. The van der Waals surface area contributed by atoms with Crippen LogP contribution in [0.1, 0.15) is 12.8 Å². The molecule has 0 spiro atoms. The lowest BCUT2D eigenvalue weighted by atomic mass is 10.4. The Kier molecular flexibility index (Phi) is 4.20. The van der Waals surface area contributed by atoms with E-state index >= 15 is 0 Å². The summed E-state index contributed by atoms with van der Waals surface area (Å²) in [5, 5.41) is 14.7. The molecule has 48 valence electrons. The second-order valence-corrected chi connectivity index (χ2v) is 1.45. The van der Waals surface area contributed by atoms with Crippen LogP contribution in [0.3, 0.4) is 0 Å². The quantitative estimate of drug-likeness (QED) is 0.308. The SMILES string of the molecule is O=C1CCCN1.OO. The molecule has 3 N–H and O–H groups in total. The molecule has 1 heterocycles. The summed E-state index contributed by atoms with van der Waals surface area (Å²) in [6, 6.07) is 0. The Hall–Kier alpha value is -0.610. The van der Waals surface area contributed by atoms with Crippen molar-refractivity contribution in [3.8, 4) is 0 Å². The Labute approximate surface area is 47.1 Å². The van der Waals surface area contributed by atoms with E-state index in [1.165, 1.54) is 0 Å². The highest BCUT2D eigenvalue weighted by Crippen LogP contribution is 1.93. The average Bonchev–Trinajstić information content (AvgIpc) is 2.24. The first-order valence-electron chi connectivity index (χ1n) is 2.36. The minimum absolute atomic E-state index is 0.204. The highest BCUT2D eigenvalue weighted by atomic mass is 17.0. The molecule has 0 aromatic rings. The van der Waals surface area contributed by atoms with Gasteiger partial charge >= 0.3 is 0 Å². The molecule has 0 unspecified atom stereocenters. The molecule has 0 atom stereocenters. The fourth-order valence-corrected chi connectivity index (χ4v) is 0.565. The summed E-state index contributed by atoms with van der Waals surface area (Å²) in [5.41, 5.74) is 0. The number of hydrogen-bond acceptors (Lipinski definition) is 3. The van der Waals surface area contributed by atoms with Crippen LogP contribution in [-0.4, -0.2) is 23.0 Å². The second-order valence-electron chi connectivity index (χ2n) is 1.45. The lowest BCUT2D eigenvalue weighted by molar-refractivity contribution is -0.176. The van der Waals surface area contributed by atoms with Gasteiger partial charge in [-0.05, 0) is 6.42 Å². The number of amides is 1. The zero-order chi connectivity index (χ0) is 6.41. The Balaban J connectivity index is 0.000000222. The molecule has 0 aromatic carbocycles. The molecule has 0 aromatic heterocycles. The molecule has 1 aliphatic heterocycles. The largest absolute Gasteiger partial charge is 0.356 e. The third-order valence-corrected chi connectivity index (χ3v) is 0.903. The molecule has 1 aliphatic rings. The van der Waals surface area contributed by atoms with Gasteiger partial charge in [-0.2, -0.15) is 0 Å². The van der Waals surface area contributed by atoms with Gasteiger partial charge in [-0.15, -0.1) is 0 Å². The molecular weight excluding hydrogens is 110 g/mol. The van der Waals surface area contributed by atoms with Crippen LogP contribution in [0.2, 0.25) is 0 Å². The van der Waals surface area contributed by atoms with Gasteiger partial charge in [0.05, 0.1) is 0 Å². The van der Waals surface area contributed by atoms with Crippen molar-refractivity contribution in [2.45, 2.75) is 12.8 Å². The van der Waals surface area contributed by atoms with Crippen LogP contribution in [0.25, 0.3) is 0 Å². The van der Waals surface area contributed by atoms with E-state index in [0.29, 0.717) is 0 Å². The predicted molar refractivity (Wildman–Crippen MR) is 27.5 cm³/mol. The maximum atomic E-state index is 10.1. The van der Waals surface area contributed by atoms with E-state index in [0.717, 1.165) is 19.4 Å². The summed E-state index contributed by atoms with van der Waals surface area (Å²) < 4.78 is 0. The molecule has 0 radical (unpaired) electrons. The highest BCUT2D eigenvalue weighted by molar-refractivity contribution is 5.77. The van der Waals surface area contributed by atoms with E-state index in [2.05, 4.69) is 5.32 Å². The maximum Gasteiger partial charge on any atom is 0.220 e. The second kappa shape index (κ2) is 4.55. The lowest BCUT2D eigenvalue weighted by Gasteiger charge is -1.80. The van der Waals surface area contributed by atoms with Crippen molar-refractivity contribution < 1.29 is 15.3 Å². The van der Waals surface area contributed by atoms with E-state index < -0.39 is 0 Å². The Bertz CT molecular complexity index is 65.7. The normalized spacial score (nSPS) is 16.5. The standard InChI is InChI=1S/C4H7NO.H2O2/c6-4-2-1-3-5-4;1-2/h1-3H2,(H,5,6);1-2H. The molecule has 0 aliphatic carbocycles. The van der Waals surface area contributed by atoms with Gasteiger partial charge in [0.15, 0.2) is 0 Å². The topological polar surface area (TPSA) is 69.6 Å². The number of hydrogen-bond donors (Lipinski definition) is 3. The van der Waals surface area contributed by atoms with Crippen molar-refractivity contribution in [2.75, 3.05) is 6.54 Å². The zero-order valence-electron chi connectivity index (χ0n) is 4.42. The molecule has 1 saturated heterocycles. The van der Waals surface area contributed by atoms with Crippen molar-refractivity contribution in [3.05, 3.63) is 0 Å². The smallest absolute Gasteiger partial charge is 0.220 e. The third-order valence-electron chi connectivity index (χ3n) is 0.903. The highest BCUT2D eigenvalue weighted by Gasteiger charge is 2.05. The Morgan fingerprint density at radius 2 is 2.12 bits per heavy atom. The van der Waals surface area contributed by atoms with Gasteiger partial charge in [-0.3, -0.25) is 15.3 Å². The van der Waals surface area contributed by atoms with E-state index in [-0.39, 0.29) is 5.91 Å². The van der Waals surface area contributed by atoms with Gasteiger partial charge in [0.25, 0.3) is 0 Å².